The number of amides is 2. The zero-order valence-electron chi connectivity index (χ0n) is 15.5. The van der Waals surface area contributed by atoms with Crippen molar-refractivity contribution in [1.82, 2.24) is 4.90 Å². The maximum atomic E-state index is 12.5. The highest BCUT2D eigenvalue weighted by Gasteiger charge is 2.18. The van der Waals surface area contributed by atoms with Gasteiger partial charge in [-0.25, -0.2) is 4.79 Å². The van der Waals surface area contributed by atoms with Gasteiger partial charge in [0.1, 0.15) is 11.1 Å². The van der Waals surface area contributed by atoms with Gasteiger partial charge in [-0.15, -0.1) is 0 Å². The largest absolute Gasteiger partial charge is 0.422 e. The summed E-state index contributed by atoms with van der Waals surface area (Å²) in [5, 5.41) is 3.49. The van der Waals surface area contributed by atoms with Crippen LogP contribution in [0.1, 0.15) is 34.6 Å². The van der Waals surface area contributed by atoms with Gasteiger partial charge in [-0.3, -0.25) is 9.59 Å². The molecule has 0 saturated carbocycles. The first-order valence-electron chi connectivity index (χ1n) is 8.87. The van der Waals surface area contributed by atoms with E-state index < -0.39 is 11.5 Å². The van der Waals surface area contributed by atoms with E-state index in [9.17, 15) is 14.4 Å². The topological polar surface area (TPSA) is 79.6 Å². The molecule has 0 fully saturated rings. The molecule has 144 valence electrons. The van der Waals surface area contributed by atoms with Crippen LogP contribution in [0.15, 0.2) is 57.7 Å². The molecule has 0 unspecified atom stereocenters. The van der Waals surface area contributed by atoms with E-state index in [-0.39, 0.29) is 16.5 Å². The van der Waals surface area contributed by atoms with Gasteiger partial charge < -0.3 is 14.6 Å². The predicted molar refractivity (Wildman–Crippen MR) is 109 cm³/mol. The van der Waals surface area contributed by atoms with Crippen LogP contribution in [0.5, 0.6) is 0 Å². The Morgan fingerprint density at radius 2 is 1.75 bits per heavy atom. The molecule has 2 aromatic carbocycles. The van der Waals surface area contributed by atoms with Crippen molar-refractivity contribution in [1.29, 1.82) is 0 Å². The standard InChI is InChI=1S/C21H19ClN2O4/c1-3-24(4-2)20(26)15-10-9-14(12-17(15)22)23-19(25)16-11-13-7-5-6-8-18(13)28-21(16)27/h5-12H,3-4H2,1-2H3,(H,23,25). The lowest BCUT2D eigenvalue weighted by atomic mass is 10.1. The van der Waals surface area contributed by atoms with Crippen LogP contribution >= 0.6 is 11.6 Å². The van der Waals surface area contributed by atoms with Crippen LogP contribution in [-0.2, 0) is 0 Å². The SMILES string of the molecule is CCN(CC)C(=O)c1ccc(NC(=O)c2cc3ccccc3oc2=O)cc1Cl. The van der Waals surface area contributed by atoms with Gasteiger partial charge in [-0.2, -0.15) is 0 Å². The van der Waals surface area contributed by atoms with Crippen LogP contribution in [0.2, 0.25) is 5.02 Å². The molecule has 0 aliphatic rings. The smallest absolute Gasteiger partial charge is 0.349 e. The molecule has 3 rings (SSSR count). The number of halogens is 1. The molecule has 28 heavy (non-hydrogen) atoms. The summed E-state index contributed by atoms with van der Waals surface area (Å²) in [4.78, 5) is 38.7. The molecule has 1 aromatic heterocycles. The predicted octanol–water partition coefficient (Wildman–Crippen LogP) is 4.18. The van der Waals surface area contributed by atoms with Gasteiger partial charge in [-0.1, -0.05) is 29.8 Å². The normalized spacial score (nSPS) is 10.7. The molecule has 0 atom stereocenters. The zero-order chi connectivity index (χ0) is 20.3. The van der Waals surface area contributed by atoms with Crippen molar-refractivity contribution in [2.24, 2.45) is 0 Å². The highest BCUT2D eigenvalue weighted by Crippen LogP contribution is 2.23. The maximum absolute atomic E-state index is 12.5. The van der Waals surface area contributed by atoms with Gasteiger partial charge >= 0.3 is 5.63 Å². The lowest BCUT2D eigenvalue weighted by Gasteiger charge is -2.19. The highest BCUT2D eigenvalue weighted by molar-refractivity contribution is 6.34. The molecular formula is C21H19ClN2O4. The van der Waals surface area contributed by atoms with E-state index in [2.05, 4.69) is 5.32 Å². The first kappa shape index (κ1) is 19.6. The number of fused-ring (bicyclic) bond motifs is 1. The minimum absolute atomic E-state index is 0.113. The Bertz CT molecular complexity index is 1100. The van der Waals surface area contributed by atoms with Gasteiger partial charge in [0.2, 0.25) is 0 Å². The van der Waals surface area contributed by atoms with Crippen molar-refractivity contribution in [2.45, 2.75) is 13.8 Å². The van der Waals surface area contributed by atoms with Gasteiger partial charge in [0.15, 0.2) is 0 Å². The molecule has 0 aliphatic carbocycles. The van der Waals surface area contributed by atoms with Crippen LogP contribution in [-0.4, -0.2) is 29.8 Å². The maximum Gasteiger partial charge on any atom is 0.349 e. The summed E-state index contributed by atoms with van der Waals surface area (Å²) >= 11 is 6.24. The van der Waals surface area contributed by atoms with E-state index in [1.807, 2.05) is 13.8 Å². The summed E-state index contributed by atoms with van der Waals surface area (Å²) < 4.78 is 5.18. The van der Waals surface area contributed by atoms with E-state index in [1.165, 1.54) is 12.1 Å². The van der Waals surface area contributed by atoms with E-state index in [4.69, 9.17) is 16.0 Å². The minimum atomic E-state index is -0.726. The summed E-state index contributed by atoms with van der Waals surface area (Å²) in [7, 11) is 0. The van der Waals surface area contributed by atoms with Crippen LogP contribution in [0, 0.1) is 0 Å². The third-order valence-corrected chi connectivity index (χ3v) is 4.71. The second kappa shape index (κ2) is 8.27. The summed E-state index contributed by atoms with van der Waals surface area (Å²) in [5.41, 5.74) is 0.298. The number of carbonyl (C=O) groups is 2. The van der Waals surface area contributed by atoms with E-state index in [0.717, 1.165) is 0 Å². The molecule has 6 nitrogen and oxygen atoms in total. The average molecular weight is 399 g/mol. The number of hydrogen-bond acceptors (Lipinski definition) is 4. The number of anilines is 1. The average Bonchev–Trinajstić information content (AvgIpc) is 2.68. The monoisotopic (exact) mass is 398 g/mol. The van der Waals surface area contributed by atoms with Gasteiger partial charge in [0, 0.05) is 24.2 Å². The Hall–Kier alpha value is -3.12. The first-order chi connectivity index (χ1) is 13.4. The third kappa shape index (κ3) is 3.92. The van der Waals surface area contributed by atoms with Crippen molar-refractivity contribution in [3.63, 3.8) is 0 Å². The fraction of sp³-hybridized carbons (Fsp3) is 0.190. The second-order valence-corrected chi connectivity index (χ2v) is 6.52. The zero-order valence-corrected chi connectivity index (χ0v) is 16.2. The van der Waals surface area contributed by atoms with E-state index in [1.54, 1.807) is 41.3 Å². The fourth-order valence-corrected chi connectivity index (χ4v) is 3.13. The highest BCUT2D eigenvalue weighted by atomic mass is 35.5. The molecule has 0 bridgehead atoms. The van der Waals surface area contributed by atoms with Crippen molar-refractivity contribution in [3.8, 4) is 0 Å². The molecule has 1 N–H and O–H groups in total. The summed E-state index contributed by atoms with van der Waals surface area (Å²) in [6, 6.07) is 13.0. The quantitative estimate of drug-likeness (QED) is 0.654. The number of hydrogen-bond donors (Lipinski definition) is 1. The summed E-state index contributed by atoms with van der Waals surface area (Å²) in [6.45, 7) is 4.92. The molecule has 1 heterocycles. The number of carbonyl (C=O) groups excluding carboxylic acids is 2. The molecule has 7 heteroatoms. The fourth-order valence-electron chi connectivity index (χ4n) is 2.87. The Balaban J connectivity index is 1.85. The van der Waals surface area contributed by atoms with Crippen LogP contribution in [0.3, 0.4) is 0 Å². The van der Waals surface area contributed by atoms with Crippen molar-refractivity contribution >= 4 is 40.1 Å². The van der Waals surface area contributed by atoms with Gasteiger partial charge in [-0.05, 0) is 44.2 Å². The number of rotatable bonds is 5. The lowest BCUT2D eigenvalue weighted by molar-refractivity contribution is 0.0773. The Kier molecular flexibility index (Phi) is 5.80. The van der Waals surface area contributed by atoms with Crippen LogP contribution in [0.4, 0.5) is 5.69 Å². The van der Waals surface area contributed by atoms with Gasteiger partial charge in [0.05, 0.1) is 10.6 Å². The molecule has 0 saturated heterocycles. The number of nitrogens with zero attached hydrogens (tertiary/aromatic N) is 1. The molecular weight excluding hydrogens is 380 g/mol. The van der Waals surface area contributed by atoms with Crippen molar-refractivity contribution in [2.75, 3.05) is 18.4 Å². The van der Waals surface area contributed by atoms with Gasteiger partial charge in [0.25, 0.3) is 11.8 Å². The van der Waals surface area contributed by atoms with Crippen LogP contribution in [0.25, 0.3) is 11.0 Å². The summed E-state index contributed by atoms with van der Waals surface area (Å²) in [6.07, 6.45) is 0. The number of nitrogens with one attached hydrogen (secondary N) is 1. The van der Waals surface area contributed by atoms with Crippen LogP contribution < -0.4 is 10.9 Å². The molecule has 0 aliphatic heterocycles. The molecule has 0 spiro atoms. The summed E-state index contributed by atoms with van der Waals surface area (Å²) in [5.74, 6) is -0.790. The lowest BCUT2D eigenvalue weighted by Crippen LogP contribution is -2.30. The Labute approximate surface area is 166 Å². The van der Waals surface area contributed by atoms with Crippen molar-refractivity contribution in [3.05, 3.63) is 75.1 Å². The van der Waals surface area contributed by atoms with E-state index in [0.29, 0.717) is 35.3 Å². The number of benzene rings is 2. The molecule has 0 radical (unpaired) electrons. The molecule has 2 amide bonds. The second-order valence-electron chi connectivity index (χ2n) is 6.11. The van der Waals surface area contributed by atoms with Crippen molar-refractivity contribution < 1.29 is 14.0 Å². The number of para-hydroxylation sites is 1. The van der Waals surface area contributed by atoms with E-state index >= 15 is 0 Å². The minimum Gasteiger partial charge on any atom is -0.422 e. The Morgan fingerprint density at radius 1 is 1.04 bits per heavy atom. The first-order valence-corrected chi connectivity index (χ1v) is 9.25. The molecule has 3 aromatic rings. The Morgan fingerprint density at radius 3 is 2.43 bits per heavy atom. The third-order valence-electron chi connectivity index (χ3n) is 4.39.